The van der Waals surface area contributed by atoms with E-state index in [9.17, 15) is 4.79 Å². The van der Waals surface area contributed by atoms with Crippen molar-refractivity contribution < 1.29 is 61.6 Å². The number of ether oxygens (including phenoxy) is 12. The van der Waals surface area contributed by atoms with Crippen LogP contribution in [0.15, 0.2) is 24.3 Å². The van der Waals surface area contributed by atoms with Gasteiger partial charge in [-0.2, -0.15) is 0 Å². The Hall–Kier alpha value is -1.91. The Balaban J connectivity index is 1.70. The van der Waals surface area contributed by atoms with Crippen molar-refractivity contribution in [2.75, 3.05) is 145 Å². The average Bonchev–Trinajstić information content (AvgIpc) is 3.24. The molecule has 0 aliphatic rings. The molecular weight excluding hydrogens is 748 g/mol. The summed E-state index contributed by atoms with van der Waals surface area (Å²) in [7, 11) is 0. The smallest absolute Gasteiger partial charge is 0.308 e. The highest BCUT2D eigenvalue weighted by Crippen LogP contribution is 2.16. The van der Waals surface area contributed by atoms with Gasteiger partial charge in [0.05, 0.1) is 138 Å². The number of aryl methyl sites for hydroxylation is 1. The largest absolute Gasteiger partial charge is 0.491 e. The van der Waals surface area contributed by atoms with Gasteiger partial charge in [-0.25, -0.2) is 0 Å². The molecule has 0 aliphatic heterocycles. The van der Waals surface area contributed by atoms with Crippen LogP contribution in [-0.4, -0.2) is 151 Å². The number of unbranched alkanes of at least 4 members (excludes halogenated alkanes) is 7. The summed E-state index contributed by atoms with van der Waals surface area (Å²) < 4.78 is 66.3. The van der Waals surface area contributed by atoms with Crippen LogP contribution in [0.1, 0.15) is 97.0 Å². The number of carbonyl (C=O) groups is 1. The molecule has 1 aromatic carbocycles. The van der Waals surface area contributed by atoms with Gasteiger partial charge in [0.1, 0.15) is 19.0 Å². The van der Waals surface area contributed by atoms with Crippen LogP contribution in [-0.2, 0) is 63.3 Å². The molecule has 0 N–H and O–H groups in total. The normalized spacial score (nSPS) is 12.0. The number of hydrogen-bond acceptors (Lipinski definition) is 13. The Morgan fingerprint density at radius 2 is 0.759 bits per heavy atom. The molecular formula is C45H82O13. The molecule has 0 amide bonds. The van der Waals surface area contributed by atoms with E-state index in [0.29, 0.717) is 139 Å². The first-order valence-corrected chi connectivity index (χ1v) is 22.4. The number of carbonyl (C=O) groups excluding carboxylic acids is 1. The third kappa shape index (κ3) is 37.1. The van der Waals surface area contributed by atoms with Gasteiger partial charge in [0.25, 0.3) is 0 Å². The molecule has 0 saturated heterocycles. The van der Waals surface area contributed by atoms with Gasteiger partial charge in [0, 0.05) is 0 Å². The van der Waals surface area contributed by atoms with E-state index in [-0.39, 0.29) is 18.5 Å². The van der Waals surface area contributed by atoms with E-state index in [1.165, 1.54) is 50.5 Å². The van der Waals surface area contributed by atoms with Crippen LogP contribution in [0.5, 0.6) is 5.75 Å². The van der Waals surface area contributed by atoms with E-state index in [1.54, 1.807) is 0 Å². The van der Waals surface area contributed by atoms with Crippen molar-refractivity contribution in [3.63, 3.8) is 0 Å². The van der Waals surface area contributed by atoms with Crippen molar-refractivity contribution in [3.8, 4) is 5.75 Å². The molecule has 0 aromatic heterocycles. The second-order valence-corrected chi connectivity index (χ2v) is 13.9. The lowest BCUT2D eigenvalue weighted by molar-refractivity contribution is -0.150. The zero-order valence-electron chi connectivity index (χ0n) is 36.7. The molecule has 0 radical (unpaired) electrons. The van der Waals surface area contributed by atoms with Crippen LogP contribution in [0.3, 0.4) is 0 Å². The first-order valence-electron chi connectivity index (χ1n) is 22.4. The zero-order chi connectivity index (χ0) is 41.7. The fourth-order valence-electron chi connectivity index (χ4n) is 5.60. The summed E-state index contributed by atoms with van der Waals surface area (Å²) in [5.74, 6) is 0.760. The second-order valence-electron chi connectivity index (χ2n) is 13.9. The molecule has 1 rings (SSSR count). The van der Waals surface area contributed by atoms with Crippen LogP contribution >= 0.6 is 0 Å². The topological polar surface area (TPSA) is 128 Å². The van der Waals surface area contributed by atoms with Gasteiger partial charge >= 0.3 is 5.97 Å². The third-order valence-corrected chi connectivity index (χ3v) is 9.04. The second kappa shape index (κ2) is 44.6. The fraction of sp³-hybridized carbons (Fsp3) is 0.844. The molecule has 0 spiro atoms. The SMILES string of the molecule is CCCCCCCCCc1ccc(OCCOCCOCCOCCOCCOCCOCCOCCOCCOCCOCCOC(=O)C(CC)CCCC)cc1. The summed E-state index contributed by atoms with van der Waals surface area (Å²) in [6.07, 6.45) is 14.3. The highest BCUT2D eigenvalue weighted by molar-refractivity contribution is 5.72. The van der Waals surface area contributed by atoms with Gasteiger partial charge in [-0.1, -0.05) is 84.3 Å². The summed E-state index contributed by atoms with van der Waals surface area (Å²) in [6, 6.07) is 8.45. The van der Waals surface area contributed by atoms with Gasteiger partial charge in [-0.05, 0) is 43.4 Å². The summed E-state index contributed by atoms with van der Waals surface area (Å²) in [6.45, 7) is 17.1. The molecule has 1 aromatic rings. The Morgan fingerprint density at radius 1 is 0.414 bits per heavy atom. The maximum absolute atomic E-state index is 12.0. The molecule has 13 heteroatoms. The Labute approximate surface area is 351 Å². The summed E-state index contributed by atoms with van der Waals surface area (Å²) >= 11 is 0. The van der Waals surface area contributed by atoms with Gasteiger partial charge < -0.3 is 56.8 Å². The van der Waals surface area contributed by atoms with Crippen LogP contribution < -0.4 is 4.74 Å². The number of rotatable bonds is 47. The van der Waals surface area contributed by atoms with E-state index in [0.717, 1.165) is 37.9 Å². The van der Waals surface area contributed by atoms with E-state index >= 15 is 0 Å². The predicted molar refractivity (Wildman–Crippen MR) is 226 cm³/mol. The molecule has 0 saturated carbocycles. The summed E-state index contributed by atoms with van der Waals surface area (Å²) in [4.78, 5) is 12.0. The lowest BCUT2D eigenvalue weighted by atomic mass is 10.00. The lowest BCUT2D eigenvalue weighted by Gasteiger charge is -2.13. The monoisotopic (exact) mass is 831 g/mol. The third-order valence-electron chi connectivity index (χ3n) is 9.04. The van der Waals surface area contributed by atoms with E-state index in [1.807, 2.05) is 6.92 Å². The van der Waals surface area contributed by atoms with Crippen LogP contribution in [0.2, 0.25) is 0 Å². The quantitative estimate of drug-likeness (QED) is 0.0483. The highest BCUT2D eigenvalue weighted by Gasteiger charge is 2.17. The van der Waals surface area contributed by atoms with Gasteiger partial charge in [0.2, 0.25) is 0 Å². The molecule has 0 bridgehead atoms. The van der Waals surface area contributed by atoms with Crippen LogP contribution in [0.25, 0.3) is 0 Å². The Bertz CT molecular complexity index is 968. The van der Waals surface area contributed by atoms with Crippen LogP contribution in [0.4, 0.5) is 0 Å². The first kappa shape index (κ1) is 54.1. The van der Waals surface area contributed by atoms with Crippen molar-refractivity contribution in [1.82, 2.24) is 0 Å². The minimum absolute atomic E-state index is 0.00488. The number of benzene rings is 1. The molecule has 0 heterocycles. The molecule has 0 fully saturated rings. The van der Waals surface area contributed by atoms with Crippen molar-refractivity contribution in [2.45, 2.75) is 97.8 Å². The molecule has 1 atom stereocenters. The van der Waals surface area contributed by atoms with E-state index in [2.05, 4.69) is 38.1 Å². The molecule has 13 nitrogen and oxygen atoms in total. The minimum Gasteiger partial charge on any atom is -0.491 e. The average molecular weight is 831 g/mol. The fourth-order valence-corrected chi connectivity index (χ4v) is 5.60. The van der Waals surface area contributed by atoms with E-state index < -0.39 is 0 Å². The Morgan fingerprint density at radius 3 is 1.14 bits per heavy atom. The van der Waals surface area contributed by atoms with Crippen molar-refractivity contribution >= 4 is 5.97 Å². The number of hydrogen-bond donors (Lipinski definition) is 0. The van der Waals surface area contributed by atoms with Crippen molar-refractivity contribution in [2.24, 2.45) is 5.92 Å². The molecule has 58 heavy (non-hydrogen) atoms. The Kier molecular flexibility index (Phi) is 41.6. The number of esters is 1. The van der Waals surface area contributed by atoms with Crippen molar-refractivity contribution in [1.29, 1.82) is 0 Å². The van der Waals surface area contributed by atoms with Crippen LogP contribution in [0, 0.1) is 5.92 Å². The molecule has 0 aliphatic carbocycles. The summed E-state index contributed by atoms with van der Waals surface area (Å²) in [5.41, 5.74) is 1.38. The lowest BCUT2D eigenvalue weighted by Crippen LogP contribution is -2.20. The minimum atomic E-state index is -0.120. The molecule has 340 valence electrons. The predicted octanol–water partition coefficient (Wildman–Crippen LogP) is 7.28. The molecule has 1 unspecified atom stereocenters. The van der Waals surface area contributed by atoms with Gasteiger partial charge in [-0.3, -0.25) is 4.79 Å². The standard InChI is InChI=1S/C45H82O13/c1-4-7-9-10-11-12-13-14-42-16-18-44(19-17-42)57-40-38-55-36-34-53-32-30-51-28-26-49-24-22-47-20-21-48-23-25-50-27-29-52-31-33-54-35-37-56-39-41-58-45(46)43(6-3)15-8-5-2/h16-19,43H,4-15,20-41H2,1-3H3. The van der Waals surface area contributed by atoms with Gasteiger partial charge in [-0.15, -0.1) is 0 Å². The first-order chi connectivity index (χ1) is 28.7. The maximum atomic E-state index is 12.0. The van der Waals surface area contributed by atoms with Crippen molar-refractivity contribution in [3.05, 3.63) is 29.8 Å². The zero-order valence-corrected chi connectivity index (χ0v) is 36.7. The maximum Gasteiger partial charge on any atom is 0.308 e. The highest BCUT2D eigenvalue weighted by atomic mass is 16.6. The van der Waals surface area contributed by atoms with Gasteiger partial charge in [0.15, 0.2) is 0 Å². The summed E-state index contributed by atoms with van der Waals surface area (Å²) in [5, 5.41) is 0. The van der Waals surface area contributed by atoms with E-state index in [4.69, 9.17) is 56.8 Å².